The van der Waals surface area contributed by atoms with Gasteiger partial charge in [-0.2, -0.15) is 0 Å². The number of rotatable bonds is 4. The van der Waals surface area contributed by atoms with Crippen LogP contribution in [0.15, 0.2) is 54.6 Å². The van der Waals surface area contributed by atoms with Crippen molar-refractivity contribution in [1.82, 2.24) is 10.3 Å². The summed E-state index contributed by atoms with van der Waals surface area (Å²) in [6.07, 6.45) is 0.0619. The maximum atomic E-state index is 12.6. The van der Waals surface area contributed by atoms with Gasteiger partial charge in [0.15, 0.2) is 0 Å². The monoisotopic (exact) mass is 367 g/mol. The number of carbonyl (C=O) groups is 2. The number of nitrogens with one attached hydrogen (secondary N) is 1. The number of aromatic nitrogens is 1. The van der Waals surface area contributed by atoms with E-state index >= 15 is 0 Å². The van der Waals surface area contributed by atoms with Crippen LogP contribution in [0.2, 0.25) is 0 Å². The van der Waals surface area contributed by atoms with Crippen molar-refractivity contribution in [2.75, 3.05) is 11.4 Å². The van der Waals surface area contributed by atoms with Crippen LogP contribution in [-0.2, 0) is 16.1 Å². The molecule has 0 bridgehead atoms. The Hall–Kier alpha value is -2.77. The predicted molar refractivity (Wildman–Crippen MR) is 99.8 cm³/mol. The number of anilines is 1. The largest absolute Gasteiger partial charge is 0.372 e. The van der Waals surface area contributed by atoms with Crippen molar-refractivity contribution in [2.24, 2.45) is 0 Å². The molecule has 2 aromatic carbocycles. The molecule has 1 aliphatic heterocycles. The highest BCUT2D eigenvalue weighted by Gasteiger charge is 2.51. The second-order valence-corrected chi connectivity index (χ2v) is 7.28. The molecule has 1 fully saturated rings. The Labute approximate surface area is 154 Å². The van der Waals surface area contributed by atoms with Crippen LogP contribution in [-0.4, -0.2) is 34.1 Å². The summed E-state index contributed by atoms with van der Waals surface area (Å²) < 4.78 is 1.03. The third kappa shape index (κ3) is 2.85. The van der Waals surface area contributed by atoms with E-state index in [0.29, 0.717) is 12.2 Å². The number of thiazole rings is 1. The molecular weight excluding hydrogens is 350 g/mol. The molecule has 6 nitrogen and oxygen atoms in total. The minimum atomic E-state index is -2.04. The molecule has 0 radical (unpaired) electrons. The maximum absolute atomic E-state index is 12.6. The number of benzene rings is 2. The molecule has 2 heterocycles. The van der Waals surface area contributed by atoms with Gasteiger partial charge < -0.3 is 15.3 Å². The molecule has 26 heavy (non-hydrogen) atoms. The van der Waals surface area contributed by atoms with E-state index in [-0.39, 0.29) is 13.0 Å². The topological polar surface area (TPSA) is 82.5 Å². The van der Waals surface area contributed by atoms with E-state index in [4.69, 9.17) is 0 Å². The van der Waals surface area contributed by atoms with E-state index in [1.165, 1.54) is 16.2 Å². The van der Waals surface area contributed by atoms with Gasteiger partial charge in [0, 0.05) is 18.7 Å². The Morgan fingerprint density at radius 2 is 1.92 bits per heavy atom. The Bertz CT molecular complexity index is 939. The quantitative estimate of drug-likeness (QED) is 0.692. The number of para-hydroxylation sites is 2. The minimum absolute atomic E-state index is 0.0619. The third-order valence-electron chi connectivity index (χ3n) is 4.48. The predicted octanol–water partition coefficient (Wildman–Crippen LogP) is 2.08. The number of aliphatic hydroxyl groups is 1. The lowest BCUT2D eigenvalue weighted by atomic mass is 10.0. The van der Waals surface area contributed by atoms with E-state index in [9.17, 15) is 14.7 Å². The van der Waals surface area contributed by atoms with Gasteiger partial charge in [0.05, 0.1) is 16.8 Å². The number of amides is 2. The van der Waals surface area contributed by atoms with E-state index < -0.39 is 17.4 Å². The number of nitrogens with zero attached hydrogens (tertiary/aromatic N) is 2. The highest BCUT2D eigenvalue weighted by Crippen LogP contribution is 2.28. The molecule has 0 aliphatic carbocycles. The van der Waals surface area contributed by atoms with Gasteiger partial charge in [0.2, 0.25) is 5.60 Å². The molecule has 2 N–H and O–H groups in total. The Morgan fingerprint density at radius 3 is 2.69 bits per heavy atom. The molecule has 1 atom stereocenters. The van der Waals surface area contributed by atoms with E-state index in [2.05, 4.69) is 10.3 Å². The van der Waals surface area contributed by atoms with Gasteiger partial charge >= 0.3 is 0 Å². The lowest BCUT2D eigenvalue weighted by Gasteiger charge is -2.21. The van der Waals surface area contributed by atoms with Crippen LogP contribution in [0.3, 0.4) is 0 Å². The lowest BCUT2D eigenvalue weighted by Crippen LogP contribution is -2.52. The summed E-state index contributed by atoms with van der Waals surface area (Å²) >= 11 is 1.48. The van der Waals surface area contributed by atoms with Crippen molar-refractivity contribution in [3.05, 3.63) is 59.6 Å². The van der Waals surface area contributed by atoms with Crippen LogP contribution in [0.25, 0.3) is 10.2 Å². The van der Waals surface area contributed by atoms with Crippen molar-refractivity contribution in [3.63, 3.8) is 0 Å². The molecular formula is C19H17N3O3S. The third-order valence-corrected chi connectivity index (χ3v) is 5.51. The van der Waals surface area contributed by atoms with Crippen molar-refractivity contribution >= 4 is 39.1 Å². The fourth-order valence-corrected chi connectivity index (χ4v) is 3.97. The van der Waals surface area contributed by atoms with E-state index in [0.717, 1.165) is 15.2 Å². The van der Waals surface area contributed by atoms with Crippen molar-refractivity contribution < 1.29 is 14.7 Å². The summed E-state index contributed by atoms with van der Waals surface area (Å²) in [6.45, 7) is 0.479. The van der Waals surface area contributed by atoms with Gasteiger partial charge in [-0.1, -0.05) is 30.3 Å². The number of carbonyl (C=O) groups excluding carboxylic acids is 2. The van der Waals surface area contributed by atoms with Crippen molar-refractivity contribution in [3.8, 4) is 0 Å². The van der Waals surface area contributed by atoms with Crippen LogP contribution in [0.5, 0.6) is 0 Å². The van der Waals surface area contributed by atoms with Gasteiger partial charge in [-0.15, -0.1) is 11.3 Å². The molecule has 0 saturated carbocycles. The first-order chi connectivity index (χ1) is 12.6. The molecule has 132 valence electrons. The van der Waals surface area contributed by atoms with E-state index in [1.807, 2.05) is 42.5 Å². The normalized spacial score (nSPS) is 19.9. The average molecular weight is 367 g/mol. The molecule has 1 saturated heterocycles. The SMILES string of the molecule is O=C(NCc1nc2ccccc2s1)[C@@]1(O)CCN(c2ccccc2)C1=O. The zero-order valence-electron chi connectivity index (χ0n) is 13.9. The van der Waals surface area contributed by atoms with Gasteiger partial charge in [-0.05, 0) is 24.3 Å². The number of fused-ring (bicyclic) bond motifs is 1. The zero-order valence-corrected chi connectivity index (χ0v) is 14.7. The van der Waals surface area contributed by atoms with Crippen LogP contribution in [0, 0.1) is 0 Å². The summed E-state index contributed by atoms with van der Waals surface area (Å²) in [5.74, 6) is -1.27. The Balaban J connectivity index is 1.46. The van der Waals surface area contributed by atoms with Crippen LogP contribution >= 0.6 is 11.3 Å². The molecule has 1 aromatic heterocycles. The molecule has 0 unspecified atom stereocenters. The molecule has 1 aliphatic rings. The summed E-state index contributed by atoms with van der Waals surface area (Å²) in [5, 5.41) is 14.0. The van der Waals surface area contributed by atoms with Crippen LogP contribution in [0.1, 0.15) is 11.4 Å². The van der Waals surface area contributed by atoms with Gasteiger partial charge in [0.1, 0.15) is 5.01 Å². The molecule has 3 aromatic rings. The number of hydrogen-bond acceptors (Lipinski definition) is 5. The fraction of sp³-hybridized carbons (Fsp3) is 0.211. The van der Waals surface area contributed by atoms with Crippen LogP contribution in [0.4, 0.5) is 5.69 Å². The lowest BCUT2D eigenvalue weighted by molar-refractivity contribution is -0.149. The van der Waals surface area contributed by atoms with Gasteiger partial charge in [0.25, 0.3) is 11.8 Å². The van der Waals surface area contributed by atoms with Crippen molar-refractivity contribution in [2.45, 2.75) is 18.6 Å². The maximum Gasteiger partial charge on any atom is 0.268 e. The standard InChI is InChI=1S/C19H17N3O3S/c23-17(20-12-16-21-14-8-4-5-9-15(14)26-16)19(25)10-11-22(18(19)24)13-6-2-1-3-7-13/h1-9,25H,10-12H2,(H,20,23)/t19-/m0/s1. The van der Waals surface area contributed by atoms with Gasteiger partial charge in [-0.25, -0.2) is 4.98 Å². The first kappa shape index (κ1) is 16.7. The van der Waals surface area contributed by atoms with Gasteiger partial charge in [-0.3, -0.25) is 9.59 Å². The summed E-state index contributed by atoms with van der Waals surface area (Å²) in [5.41, 5.74) is -0.493. The Morgan fingerprint density at radius 1 is 1.19 bits per heavy atom. The van der Waals surface area contributed by atoms with Crippen molar-refractivity contribution in [1.29, 1.82) is 0 Å². The number of hydrogen-bond donors (Lipinski definition) is 2. The molecule has 4 rings (SSSR count). The average Bonchev–Trinajstić information content (AvgIpc) is 3.22. The highest BCUT2D eigenvalue weighted by molar-refractivity contribution is 7.18. The summed E-state index contributed by atoms with van der Waals surface area (Å²) in [7, 11) is 0. The first-order valence-electron chi connectivity index (χ1n) is 8.30. The van der Waals surface area contributed by atoms with E-state index in [1.54, 1.807) is 12.1 Å². The summed E-state index contributed by atoms with van der Waals surface area (Å²) in [4.78, 5) is 31.0. The molecule has 2 amide bonds. The molecule has 0 spiro atoms. The fourth-order valence-electron chi connectivity index (χ4n) is 3.07. The summed E-state index contributed by atoms with van der Waals surface area (Å²) in [6, 6.07) is 16.7. The second-order valence-electron chi connectivity index (χ2n) is 6.16. The smallest absolute Gasteiger partial charge is 0.268 e. The second kappa shape index (κ2) is 6.51. The zero-order chi connectivity index (χ0) is 18.1. The first-order valence-corrected chi connectivity index (χ1v) is 9.12. The Kier molecular flexibility index (Phi) is 4.18. The minimum Gasteiger partial charge on any atom is -0.372 e. The van der Waals surface area contributed by atoms with Crippen LogP contribution < -0.4 is 10.2 Å². The highest BCUT2D eigenvalue weighted by atomic mass is 32.1. The molecule has 7 heteroatoms.